The SMILES string of the molecule is CC1=C2CC(O)C(C3C=CC(O)=CC3)C(=O)C2=CC(O)C1. The van der Waals surface area contributed by atoms with Gasteiger partial charge in [0.1, 0.15) is 5.76 Å². The Labute approximate surface area is 123 Å². The average molecular weight is 288 g/mol. The van der Waals surface area contributed by atoms with Crippen LogP contribution < -0.4 is 0 Å². The molecule has 4 atom stereocenters. The Morgan fingerprint density at radius 1 is 1.24 bits per heavy atom. The van der Waals surface area contributed by atoms with E-state index in [4.69, 9.17) is 0 Å². The summed E-state index contributed by atoms with van der Waals surface area (Å²) in [4.78, 5) is 12.8. The number of hydrogen-bond acceptors (Lipinski definition) is 4. The Hall–Kier alpha value is -1.65. The fraction of sp³-hybridized carbons (Fsp3) is 0.471. The van der Waals surface area contributed by atoms with E-state index in [1.807, 2.05) is 6.92 Å². The number of Topliss-reactive ketones (excluding diaryl/α,β-unsaturated/α-hetero) is 1. The van der Waals surface area contributed by atoms with Gasteiger partial charge in [-0.25, -0.2) is 0 Å². The van der Waals surface area contributed by atoms with E-state index >= 15 is 0 Å². The molecule has 3 aliphatic carbocycles. The number of aliphatic hydroxyl groups is 3. The Kier molecular flexibility index (Phi) is 3.59. The first-order valence-electron chi connectivity index (χ1n) is 7.36. The van der Waals surface area contributed by atoms with Crippen molar-refractivity contribution in [1.29, 1.82) is 0 Å². The van der Waals surface area contributed by atoms with E-state index in [0.29, 0.717) is 24.8 Å². The zero-order chi connectivity index (χ0) is 15.1. The van der Waals surface area contributed by atoms with Gasteiger partial charge in [0.15, 0.2) is 5.78 Å². The van der Waals surface area contributed by atoms with Crippen molar-refractivity contribution < 1.29 is 20.1 Å². The van der Waals surface area contributed by atoms with Gasteiger partial charge >= 0.3 is 0 Å². The molecule has 0 amide bonds. The van der Waals surface area contributed by atoms with Crippen molar-refractivity contribution in [3.63, 3.8) is 0 Å². The highest BCUT2D eigenvalue weighted by atomic mass is 16.3. The molecule has 1 saturated carbocycles. The molecule has 0 aromatic carbocycles. The second kappa shape index (κ2) is 5.28. The molecule has 0 spiro atoms. The van der Waals surface area contributed by atoms with Gasteiger partial charge in [-0.2, -0.15) is 0 Å². The number of carbonyl (C=O) groups is 1. The number of rotatable bonds is 1. The molecular formula is C17H20O4. The summed E-state index contributed by atoms with van der Waals surface area (Å²) < 4.78 is 0. The minimum Gasteiger partial charge on any atom is -0.508 e. The highest BCUT2D eigenvalue weighted by molar-refractivity contribution is 6.03. The van der Waals surface area contributed by atoms with E-state index in [0.717, 1.165) is 11.1 Å². The minimum atomic E-state index is -0.710. The fourth-order valence-corrected chi connectivity index (χ4v) is 3.60. The molecule has 21 heavy (non-hydrogen) atoms. The molecule has 0 heterocycles. The lowest BCUT2D eigenvalue weighted by atomic mass is 9.68. The van der Waals surface area contributed by atoms with Gasteiger partial charge in [0.05, 0.1) is 18.1 Å². The van der Waals surface area contributed by atoms with Crippen molar-refractivity contribution in [2.24, 2.45) is 11.8 Å². The molecule has 0 aliphatic heterocycles. The van der Waals surface area contributed by atoms with Crippen LogP contribution in [-0.2, 0) is 4.79 Å². The average Bonchev–Trinajstić information content (AvgIpc) is 2.42. The molecule has 4 nitrogen and oxygen atoms in total. The normalized spacial score (nSPS) is 36.2. The Morgan fingerprint density at radius 2 is 2.00 bits per heavy atom. The summed E-state index contributed by atoms with van der Waals surface area (Å²) in [6, 6.07) is 0. The van der Waals surface area contributed by atoms with Crippen LogP contribution in [-0.4, -0.2) is 33.3 Å². The molecule has 0 bridgehead atoms. The fourth-order valence-electron chi connectivity index (χ4n) is 3.60. The van der Waals surface area contributed by atoms with E-state index in [1.165, 1.54) is 0 Å². The van der Waals surface area contributed by atoms with E-state index < -0.39 is 18.1 Å². The van der Waals surface area contributed by atoms with Crippen molar-refractivity contribution in [3.05, 3.63) is 46.8 Å². The predicted molar refractivity (Wildman–Crippen MR) is 78.5 cm³/mol. The monoisotopic (exact) mass is 288 g/mol. The number of hydrogen-bond donors (Lipinski definition) is 3. The highest BCUT2D eigenvalue weighted by Gasteiger charge is 2.42. The summed E-state index contributed by atoms with van der Waals surface area (Å²) in [7, 11) is 0. The van der Waals surface area contributed by atoms with Crippen molar-refractivity contribution >= 4 is 5.78 Å². The predicted octanol–water partition coefficient (Wildman–Crippen LogP) is 1.96. The Balaban J connectivity index is 1.91. The lowest BCUT2D eigenvalue weighted by Crippen LogP contribution is -2.41. The van der Waals surface area contributed by atoms with Gasteiger partial charge in [-0.05, 0) is 55.9 Å². The highest BCUT2D eigenvalue weighted by Crippen LogP contribution is 2.41. The van der Waals surface area contributed by atoms with Gasteiger partial charge in [-0.3, -0.25) is 4.79 Å². The molecule has 3 rings (SSSR count). The van der Waals surface area contributed by atoms with Gasteiger partial charge in [0.2, 0.25) is 0 Å². The minimum absolute atomic E-state index is 0.0914. The quantitative estimate of drug-likeness (QED) is 0.689. The first-order chi connectivity index (χ1) is 9.97. The zero-order valence-electron chi connectivity index (χ0n) is 12.0. The molecule has 1 fully saturated rings. The smallest absolute Gasteiger partial charge is 0.169 e. The maximum atomic E-state index is 12.8. The number of allylic oxidation sites excluding steroid dienone is 4. The molecule has 3 N–H and O–H groups in total. The van der Waals surface area contributed by atoms with Crippen LogP contribution in [0.25, 0.3) is 0 Å². The molecule has 3 aliphatic rings. The third kappa shape index (κ3) is 2.49. The van der Waals surface area contributed by atoms with E-state index in [9.17, 15) is 20.1 Å². The molecule has 4 unspecified atom stereocenters. The number of carbonyl (C=O) groups excluding carboxylic acids is 1. The van der Waals surface area contributed by atoms with Gasteiger partial charge in [0.25, 0.3) is 0 Å². The van der Waals surface area contributed by atoms with Gasteiger partial charge in [-0.1, -0.05) is 11.6 Å². The standard InChI is InChI=1S/C17H20O4/c1-9-6-12(19)7-14-13(9)8-15(20)16(17(14)21)10-2-4-11(18)5-3-10/h2,4-5,7,10,12,15-16,18-20H,3,6,8H2,1H3. The van der Waals surface area contributed by atoms with Crippen LogP contribution in [0.3, 0.4) is 0 Å². The maximum absolute atomic E-state index is 12.8. The van der Waals surface area contributed by atoms with Gasteiger partial charge in [-0.15, -0.1) is 0 Å². The van der Waals surface area contributed by atoms with Crippen LogP contribution in [0.4, 0.5) is 0 Å². The van der Waals surface area contributed by atoms with Crippen LogP contribution >= 0.6 is 0 Å². The lowest BCUT2D eigenvalue weighted by Gasteiger charge is -2.37. The number of aliphatic hydroxyl groups excluding tert-OH is 3. The van der Waals surface area contributed by atoms with Crippen molar-refractivity contribution in [3.8, 4) is 0 Å². The van der Waals surface area contributed by atoms with E-state index in [-0.39, 0.29) is 17.5 Å². The second-order valence-electron chi connectivity index (χ2n) is 6.16. The summed E-state index contributed by atoms with van der Waals surface area (Å²) in [5.74, 6) is -0.497. The first-order valence-corrected chi connectivity index (χ1v) is 7.36. The van der Waals surface area contributed by atoms with Crippen LogP contribution in [0.1, 0.15) is 26.2 Å². The van der Waals surface area contributed by atoms with Gasteiger partial charge < -0.3 is 15.3 Å². The van der Waals surface area contributed by atoms with Crippen molar-refractivity contribution in [2.45, 2.75) is 38.4 Å². The van der Waals surface area contributed by atoms with Crippen molar-refractivity contribution in [2.75, 3.05) is 0 Å². The van der Waals surface area contributed by atoms with Crippen molar-refractivity contribution in [1.82, 2.24) is 0 Å². The van der Waals surface area contributed by atoms with Crippen LogP contribution in [0.5, 0.6) is 0 Å². The largest absolute Gasteiger partial charge is 0.508 e. The molecule has 112 valence electrons. The maximum Gasteiger partial charge on any atom is 0.169 e. The zero-order valence-corrected chi connectivity index (χ0v) is 12.0. The summed E-state index contributed by atoms with van der Waals surface area (Å²) >= 11 is 0. The third-order valence-corrected chi connectivity index (χ3v) is 4.69. The summed E-state index contributed by atoms with van der Waals surface area (Å²) in [5, 5.41) is 29.7. The van der Waals surface area contributed by atoms with Crippen LogP contribution in [0.15, 0.2) is 46.8 Å². The third-order valence-electron chi connectivity index (χ3n) is 4.69. The topological polar surface area (TPSA) is 77.8 Å². The van der Waals surface area contributed by atoms with Crippen LogP contribution in [0.2, 0.25) is 0 Å². The molecule has 0 aromatic rings. The van der Waals surface area contributed by atoms with E-state index in [1.54, 1.807) is 24.3 Å². The molecule has 0 saturated heterocycles. The Morgan fingerprint density at radius 3 is 2.67 bits per heavy atom. The second-order valence-corrected chi connectivity index (χ2v) is 6.16. The molecular weight excluding hydrogens is 268 g/mol. The molecule has 0 radical (unpaired) electrons. The molecule has 4 heteroatoms. The lowest BCUT2D eigenvalue weighted by molar-refractivity contribution is -0.125. The van der Waals surface area contributed by atoms with Crippen LogP contribution in [0, 0.1) is 11.8 Å². The van der Waals surface area contributed by atoms with E-state index in [2.05, 4.69) is 0 Å². The number of ketones is 1. The first kappa shape index (κ1) is 14.3. The Bertz CT molecular complexity index is 594. The van der Waals surface area contributed by atoms with Gasteiger partial charge in [0, 0.05) is 5.57 Å². The molecule has 0 aromatic heterocycles. The summed E-state index contributed by atoms with van der Waals surface area (Å²) in [5.41, 5.74) is 2.46. The summed E-state index contributed by atoms with van der Waals surface area (Å²) in [6.07, 6.45) is 6.88. The summed E-state index contributed by atoms with van der Waals surface area (Å²) in [6.45, 7) is 1.91. The number of fused-ring (bicyclic) bond motifs is 1.